The second-order valence-corrected chi connectivity index (χ2v) is 5.61. The predicted octanol–water partition coefficient (Wildman–Crippen LogP) is 3.06. The van der Waals surface area contributed by atoms with Gasteiger partial charge >= 0.3 is 0 Å². The lowest BCUT2D eigenvalue weighted by molar-refractivity contribution is 0.295. The molecule has 0 N–H and O–H groups in total. The molecule has 0 aromatic rings. The zero-order chi connectivity index (χ0) is 6.32. The van der Waals surface area contributed by atoms with Crippen molar-refractivity contribution in [3.63, 3.8) is 0 Å². The van der Waals surface area contributed by atoms with Crippen LogP contribution in [0.1, 0.15) is 19.8 Å². The summed E-state index contributed by atoms with van der Waals surface area (Å²) in [5.74, 6) is 0.892. The number of allylic oxidation sites excluding steroid dienone is 1. The summed E-state index contributed by atoms with van der Waals surface area (Å²) < 4.78 is 0.611. The maximum absolute atomic E-state index is 2.38. The first-order chi connectivity index (χ1) is 4.31. The van der Waals surface area contributed by atoms with E-state index in [9.17, 15) is 0 Å². The van der Waals surface area contributed by atoms with Crippen LogP contribution in [0.4, 0.5) is 0 Å². The van der Waals surface area contributed by atoms with E-state index in [1.54, 1.807) is 0 Å². The van der Waals surface area contributed by atoms with Gasteiger partial charge in [-0.3, -0.25) is 0 Å². The molecule has 1 fully saturated rings. The quantitative estimate of drug-likeness (QED) is 0.497. The minimum atomic E-state index is 0.611. The normalized spacial score (nSPS) is 47.9. The van der Waals surface area contributed by atoms with Crippen molar-refractivity contribution in [3.8, 4) is 0 Å². The van der Waals surface area contributed by atoms with E-state index in [0.717, 1.165) is 5.92 Å². The van der Waals surface area contributed by atoms with Crippen LogP contribution in [0.5, 0.6) is 0 Å². The largest absolute Gasteiger partial charge is 0.0824 e. The molecule has 2 atom stereocenters. The molecule has 0 bridgehead atoms. The molecule has 2 aliphatic rings. The van der Waals surface area contributed by atoms with E-state index in [1.807, 2.05) is 21.6 Å². The van der Waals surface area contributed by atoms with Gasteiger partial charge in [-0.15, -0.1) is 0 Å². The Kier molecular flexibility index (Phi) is 1.34. The first-order valence-corrected chi connectivity index (χ1v) is 5.54. The van der Waals surface area contributed by atoms with Crippen molar-refractivity contribution < 1.29 is 0 Å². The minimum Gasteiger partial charge on any atom is -0.0824 e. The zero-order valence-electron chi connectivity index (χ0n) is 5.46. The van der Waals surface area contributed by atoms with Crippen molar-refractivity contribution >= 4 is 21.6 Å². The van der Waals surface area contributed by atoms with Gasteiger partial charge in [-0.1, -0.05) is 27.7 Å². The lowest BCUT2D eigenvalue weighted by Crippen LogP contribution is -2.40. The molecule has 0 nitrogen and oxygen atoms in total. The molecular formula is C7H10S2. The van der Waals surface area contributed by atoms with Crippen LogP contribution in [-0.4, -0.2) is 4.75 Å². The van der Waals surface area contributed by atoms with E-state index in [-0.39, 0.29) is 0 Å². The maximum Gasteiger partial charge on any atom is 0.0301 e. The highest BCUT2D eigenvalue weighted by atomic mass is 33.1. The van der Waals surface area contributed by atoms with E-state index < -0.39 is 0 Å². The van der Waals surface area contributed by atoms with Crippen LogP contribution in [0.2, 0.25) is 0 Å². The molecule has 1 aliphatic carbocycles. The van der Waals surface area contributed by atoms with E-state index >= 15 is 0 Å². The summed E-state index contributed by atoms with van der Waals surface area (Å²) in [4.78, 5) is 0. The summed E-state index contributed by atoms with van der Waals surface area (Å²) in [6.45, 7) is 2.38. The Morgan fingerprint density at radius 2 is 2.56 bits per heavy atom. The van der Waals surface area contributed by atoms with Gasteiger partial charge in [0.05, 0.1) is 0 Å². The van der Waals surface area contributed by atoms with Crippen molar-refractivity contribution in [2.45, 2.75) is 24.5 Å². The number of fused-ring (bicyclic) bond motifs is 1. The first-order valence-electron chi connectivity index (χ1n) is 3.32. The van der Waals surface area contributed by atoms with Crippen molar-refractivity contribution in [1.29, 1.82) is 0 Å². The molecule has 2 rings (SSSR count). The molecule has 0 aromatic carbocycles. The van der Waals surface area contributed by atoms with Crippen LogP contribution < -0.4 is 0 Å². The van der Waals surface area contributed by atoms with Gasteiger partial charge in [0.1, 0.15) is 0 Å². The lowest BCUT2D eigenvalue weighted by Gasteiger charge is -2.46. The molecule has 0 radical (unpaired) electrons. The summed E-state index contributed by atoms with van der Waals surface area (Å²) >= 11 is 0. The molecule has 2 heteroatoms. The SMILES string of the molecule is CC12CCC1C=CSS2. The summed E-state index contributed by atoms with van der Waals surface area (Å²) in [6.07, 6.45) is 5.20. The summed E-state index contributed by atoms with van der Waals surface area (Å²) in [5, 5.41) is 2.23. The van der Waals surface area contributed by atoms with Gasteiger partial charge in [0.25, 0.3) is 0 Å². The molecule has 1 heterocycles. The van der Waals surface area contributed by atoms with E-state index in [2.05, 4.69) is 18.4 Å². The third-order valence-corrected chi connectivity index (χ3v) is 5.36. The fourth-order valence-corrected chi connectivity index (χ4v) is 4.08. The summed E-state index contributed by atoms with van der Waals surface area (Å²) in [7, 11) is 3.94. The fourth-order valence-electron chi connectivity index (χ4n) is 1.39. The topological polar surface area (TPSA) is 0 Å². The standard InChI is InChI=1S/C7H10S2/c1-7-4-2-6(7)3-5-8-9-7/h3,5-6H,2,4H2,1H3. The monoisotopic (exact) mass is 158 g/mol. The van der Waals surface area contributed by atoms with Gasteiger partial charge in [0, 0.05) is 4.75 Å². The van der Waals surface area contributed by atoms with Crippen LogP contribution in [0.25, 0.3) is 0 Å². The van der Waals surface area contributed by atoms with Crippen LogP contribution in [-0.2, 0) is 0 Å². The number of hydrogen-bond acceptors (Lipinski definition) is 2. The number of rotatable bonds is 0. The Bertz CT molecular complexity index is 153. The van der Waals surface area contributed by atoms with Gasteiger partial charge in [-0.2, -0.15) is 0 Å². The summed E-state index contributed by atoms with van der Waals surface area (Å²) in [6, 6.07) is 0. The van der Waals surface area contributed by atoms with Gasteiger partial charge in [0.15, 0.2) is 0 Å². The molecule has 2 unspecified atom stereocenters. The van der Waals surface area contributed by atoms with E-state index in [4.69, 9.17) is 0 Å². The second-order valence-electron chi connectivity index (χ2n) is 2.97. The van der Waals surface area contributed by atoms with Gasteiger partial charge < -0.3 is 0 Å². The highest BCUT2D eigenvalue weighted by molar-refractivity contribution is 8.78. The Hall–Kier alpha value is 0.440. The Labute approximate surface area is 63.9 Å². The van der Waals surface area contributed by atoms with Gasteiger partial charge in [-0.25, -0.2) is 0 Å². The third kappa shape index (κ3) is 0.838. The number of hydrogen-bond donors (Lipinski definition) is 0. The molecule has 9 heavy (non-hydrogen) atoms. The predicted molar refractivity (Wildman–Crippen MR) is 45.5 cm³/mol. The Balaban J connectivity index is 2.18. The molecule has 0 amide bonds. The Morgan fingerprint density at radius 1 is 1.67 bits per heavy atom. The minimum absolute atomic E-state index is 0.611. The smallest absolute Gasteiger partial charge is 0.0301 e. The van der Waals surface area contributed by atoms with Gasteiger partial charge in [-0.05, 0) is 31.1 Å². The van der Waals surface area contributed by atoms with Crippen LogP contribution in [0, 0.1) is 5.92 Å². The molecule has 50 valence electrons. The molecule has 0 saturated heterocycles. The van der Waals surface area contributed by atoms with Crippen molar-refractivity contribution in [3.05, 3.63) is 11.5 Å². The Morgan fingerprint density at radius 3 is 2.89 bits per heavy atom. The highest BCUT2D eigenvalue weighted by Crippen LogP contribution is 2.56. The highest BCUT2D eigenvalue weighted by Gasteiger charge is 2.43. The van der Waals surface area contributed by atoms with Crippen LogP contribution in [0.3, 0.4) is 0 Å². The average Bonchev–Trinajstić information content (AvgIpc) is 1.82. The summed E-state index contributed by atoms with van der Waals surface area (Å²) in [5.41, 5.74) is 0. The average molecular weight is 158 g/mol. The lowest BCUT2D eigenvalue weighted by atomic mass is 9.74. The molecule has 1 saturated carbocycles. The first kappa shape index (κ1) is 6.17. The zero-order valence-corrected chi connectivity index (χ0v) is 7.10. The molecule has 1 aliphatic heterocycles. The van der Waals surface area contributed by atoms with Crippen LogP contribution >= 0.6 is 21.6 Å². The van der Waals surface area contributed by atoms with E-state index in [0.29, 0.717) is 4.75 Å². The maximum atomic E-state index is 2.38. The van der Waals surface area contributed by atoms with Crippen molar-refractivity contribution in [1.82, 2.24) is 0 Å². The third-order valence-electron chi connectivity index (χ3n) is 2.34. The second kappa shape index (κ2) is 1.96. The molecular weight excluding hydrogens is 148 g/mol. The fraction of sp³-hybridized carbons (Fsp3) is 0.714. The molecule has 0 spiro atoms. The van der Waals surface area contributed by atoms with Crippen molar-refractivity contribution in [2.24, 2.45) is 5.92 Å². The van der Waals surface area contributed by atoms with E-state index in [1.165, 1.54) is 12.8 Å². The van der Waals surface area contributed by atoms with Crippen LogP contribution in [0.15, 0.2) is 11.5 Å². The van der Waals surface area contributed by atoms with Gasteiger partial charge in [0.2, 0.25) is 0 Å². The van der Waals surface area contributed by atoms with Crippen molar-refractivity contribution in [2.75, 3.05) is 0 Å². The molecule has 0 aromatic heterocycles.